The van der Waals surface area contributed by atoms with Gasteiger partial charge in [0.2, 0.25) is 0 Å². The van der Waals surface area contributed by atoms with Gasteiger partial charge in [0.1, 0.15) is 0 Å². The van der Waals surface area contributed by atoms with Crippen molar-refractivity contribution >= 4 is 6.09 Å². The molecule has 0 aliphatic carbocycles. The Labute approximate surface area is 86.2 Å². The standard InChI is InChI=1S/C10H22N2O2/c1-7(2)5-9(11)6-12-10(13)14-8(3)4/h7-9H,5-6,11H2,1-4H3,(H,12,13). The normalized spacial score (nSPS) is 13.1. The Bertz CT molecular complexity index is 170. The van der Waals surface area contributed by atoms with Gasteiger partial charge in [-0.05, 0) is 26.2 Å². The molecule has 1 atom stereocenters. The fraction of sp³-hybridized carbons (Fsp3) is 0.900. The molecule has 1 amide bonds. The van der Waals surface area contributed by atoms with E-state index < -0.39 is 0 Å². The first-order valence-electron chi connectivity index (χ1n) is 5.11. The Balaban J connectivity index is 3.56. The summed E-state index contributed by atoms with van der Waals surface area (Å²) >= 11 is 0. The molecule has 0 fully saturated rings. The lowest BCUT2D eigenvalue weighted by Gasteiger charge is -2.15. The quantitative estimate of drug-likeness (QED) is 0.710. The topological polar surface area (TPSA) is 64.3 Å². The number of amides is 1. The van der Waals surface area contributed by atoms with Crippen LogP contribution in [-0.4, -0.2) is 24.8 Å². The first-order chi connectivity index (χ1) is 6.41. The van der Waals surface area contributed by atoms with Crippen molar-refractivity contribution in [1.82, 2.24) is 5.32 Å². The maximum Gasteiger partial charge on any atom is 0.407 e. The van der Waals surface area contributed by atoms with Crippen molar-refractivity contribution in [3.8, 4) is 0 Å². The van der Waals surface area contributed by atoms with Gasteiger partial charge in [-0.2, -0.15) is 0 Å². The van der Waals surface area contributed by atoms with Crippen LogP contribution in [0.25, 0.3) is 0 Å². The fourth-order valence-corrected chi connectivity index (χ4v) is 1.16. The lowest BCUT2D eigenvalue weighted by molar-refractivity contribution is 0.115. The van der Waals surface area contributed by atoms with Crippen molar-refractivity contribution in [3.63, 3.8) is 0 Å². The van der Waals surface area contributed by atoms with Gasteiger partial charge in [-0.3, -0.25) is 0 Å². The van der Waals surface area contributed by atoms with Crippen LogP contribution in [-0.2, 0) is 4.74 Å². The molecule has 1 unspecified atom stereocenters. The average Bonchev–Trinajstić information content (AvgIpc) is 1.98. The summed E-state index contributed by atoms with van der Waals surface area (Å²) in [5.74, 6) is 0.549. The van der Waals surface area contributed by atoms with Crippen molar-refractivity contribution < 1.29 is 9.53 Å². The van der Waals surface area contributed by atoms with Crippen LogP contribution in [0, 0.1) is 5.92 Å². The number of alkyl carbamates (subject to hydrolysis) is 1. The predicted molar refractivity (Wildman–Crippen MR) is 57.1 cm³/mol. The van der Waals surface area contributed by atoms with E-state index >= 15 is 0 Å². The number of carbonyl (C=O) groups is 1. The summed E-state index contributed by atoms with van der Waals surface area (Å²) in [6.07, 6.45) is 0.428. The number of ether oxygens (including phenoxy) is 1. The second kappa shape index (κ2) is 6.65. The molecular weight excluding hydrogens is 180 g/mol. The number of hydrogen-bond acceptors (Lipinski definition) is 3. The third-order valence-corrected chi connectivity index (χ3v) is 1.63. The molecule has 0 aliphatic heterocycles. The summed E-state index contributed by atoms with van der Waals surface area (Å²) in [6, 6.07) is 0.00899. The van der Waals surface area contributed by atoms with Crippen LogP contribution in [0.2, 0.25) is 0 Å². The molecule has 84 valence electrons. The molecule has 4 heteroatoms. The maximum absolute atomic E-state index is 11.1. The minimum Gasteiger partial charge on any atom is -0.447 e. The van der Waals surface area contributed by atoms with E-state index in [0.29, 0.717) is 12.5 Å². The summed E-state index contributed by atoms with van der Waals surface area (Å²) in [6.45, 7) is 8.31. The van der Waals surface area contributed by atoms with Crippen LogP contribution >= 0.6 is 0 Å². The van der Waals surface area contributed by atoms with E-state index in [-0.39, 0.29) is 18.2 Å². The highest BCUT2D eigenvalue weighted by Crippen LogP contribution is 2.01. The van der Waals surface area contributed by atoms with E-state index in [2.05, 4.69) is 19.2 Å². The zero-order valence-corrected chi connectivity index (χ0v) is 9.54. The van der Waals surface area contributed by atoms with Gasteiger partial charge in [0, 0.05) is 12.6 Å². The van der Waals surface area contributed by atoms with Crippen LogP contribution < -0.4 is 11.1 Å². The molecule has 0 heterocycles. The fourth-order valence-electron chi connectivity index (χ4n) is 1.16. The Morgan fingerprint density at radius 2 is 1.93 bits per heavy atom. The van der Waals surface area contributed by atoms with Gasteiger partial charge in [-0.15, -0.1) is 0 Å². The first kappa shape index (κ1) is 13.2. The first-order valence-corrected chi connectivity index (χ1v) is 5.11. The van der Waals surface area contributed by atoms with E-state index in [0.717, 1.165) is 6.42 Å². The van der Waals surface area contributed by atoms with Gasteiger partial charge in [-0.1, -0.05) is 13.8 Å². The molecule has 4 nitrogen and oxygen atoms in total. The Morgan fingerprint density at radius 1 is 1.36 bits per heavy atom. The largest absolute Gasteiger partial charge is 0.447 e. The van der Waals surface area contributed by atoms with Crippen LogP contribution in [0.4, 0.5) is 4.79 Å². The zero-order valence-electron chi connectivity index (χ0n) is 9.54. The third kappa shape index (κ3) is 7.86. The van der Waals surface area contributed by atoms with Gasteiger partial charge in [0.25, 0.3) is 0 Å². The van der Waals surface area contributed by atoms with Gasteiger partial charge >= 0.3 is 6.09 Å². The van der Waals surface area contributed by atoms with Gasteiger partial charge < -0.3 is 15.8 Å². The maximum atomic E-state index is 11.1. The van der Waals surface area contributed by atoms with Gasteiger partial charge in [0.15, 0.2) is 0 Å². The zero-order chi connectivity index (χ0) is 11.1. The van der Waals surface area contributed by atoms with E-state index in [9.17, 15) is 4.79 Å². The van der Waals surface area contributed by atoms with Gasteiger partial charge in [-0.25, -0.2) is 4.79 Å². The van der Waals surface area contributed by atoms with Crippen LogP contribution in [0.15, 0.2) is 0 Å². The van der Waals surface area contributed by atoms with E-state index in [4.69, 9.17) is 10.5 Å². The molecule has 0 radical (unpaired) electrons. The molecular formula is C10H22N2O2. The van der Waals surface area contributed by atoms with Crippen LogP contribution in [0.5, 0.6) is 0 Å². The number of carbonyl (C=O) groups excluding carboxylic acids is 1. The smallest absolute Gasteiger partial charge is 0.407 e. The lowest BCUT2D eigenvalue weighted by Crippen LogP contribution is -2.38. The number of rotatable bonds is 5. The molecule has 0 rings (SSSR count). The molecule has 0 bridgehead atoms. The minimum atomic E-state index is -0.390. The van der Waals surface area contributed by atoms with Crippen molar-refractivity contribution in [2.45, 2.75) is 46.3 Å². The predicted octanol–water partition coefficient (Wildman–Crippen LogP) is 1.49. The summed E-state index contributed by atoms with van der Waals surface area (Å²) in [5, 5.41) is 2.63. The number of nitrogens with two attached hydrogens (primary N) is 1. The Kier molecular flexibility index (Phi) is 6.28. The highest BCUT2D eigenvalue weighted by Gasteiger charge is 2.09. The summed E-state index contributed by atoms with van der Waals surface area (Å²) in [5.41, 5.74) is 5.78. The third-order valence-electron chi connectivity index (χ3n) is 1.63. The number of nitrogens with one attached hydrogen (secondary N) is 1. The van der Waals surface area contributed by atoms with Crippen molar-refractivity contribution in [2.24, 2.45) is 11.7 Å². The highest BCUT2D eigenvalue weighted by molar-refractivity contribution is 5.67. The van der Waals surface area contributed by atoms with Crippen molar-refractivity contribution in [2.75, 3.05) is 6.54 Å². The van der Waals surface area contributed by atoms with E-state index in [1.165, 1.54) is 0 Å². The molecule has 0 saturated carbocycles. The number of hydrogen-bond donors (Lipinski definition) is 2. The molecule has 0 spiro atoms. The SMILES string of the molecule is CC(C)CC(N)CNC(=O)OC(C)C. The van der Waals surface area contributed by atoms with Crippen LogP contribution in [0.3, 0.4) is 0 Å². The van der Waals surface area contributed by atoms with E-state index in [1.807, 2.05) is 13.8 Å². The average molecular weight is 202 g/mol. The van der Waals surface area contributed by atoms with Crippen molar-refractivity contribution in [1.29, 1.82) is 0 Å². The molecule has 0 aromatic rings. The summed E-state index contributed by atoms with van der Waals surface area (Å²) in [7, 11) is 0. The molecule has 0 aliphatic rings. The second-order valence-corrected chi connectivity index (χ2v) is 4.22. The molecule has 0 aromatic heterocycles. The minimum absolute atomic E-state index is 0.00899. The van der Waals surface area contributed by atoms with Crippen LogP contribution in [0.1, 0.15) is 34.1 Å². The molecule has 3 N–H and O–H groups in total. The van der Waals surface area contributed by atoms with E-state index in [1.54, 1.807) is 0 Å². The van der Waals surface area contributed by atoms with Crippen molar-refractivity contribution in [3.05, 3.63) is 0 Å². The Hall–Kier alpha value is -0.770. The monoisotopic (exact) mass is 202 g/mol. The Morgan fingerprint density at radius 3 is 2.36 bits per heavy atom. The molecule has 0 saturated heterocycles. The highest BCUT2D eigenvalue weighted by atomic mass is 16.6. The summed E-state index contributed by atoms with van der Waals surface area (Å²) in [4.78, 5) is 11.1. The summed E-state index contributed by atoms with van der Waals surface area (Å²) < 4.78 is 4.90. The molecule has 14 heavy (non-hydrogen) atoms. The lowest BCUT2D eigenvalue weighted by atomic mass is 10.0. The van der Waals surface area contributed by atoms with Gasteiger partial charge in [0.05, 0.1) is 6.10 Å². The molecule has 0 aromatic carbocycles. The second-order valence-electron chi connectivity index (χ2n) is 4.22.